The van der Waals surface area contributed by atoms with Crippen LogP contribution in [0.2, 0.25) is 0 Å². The van der Waals surface area contributed by atoms with Crippen LogP contribution in [0.25, 0.3) is 5.76 Å². The number of amides is 1. The summed E-state index contributed by atoms with van der Waals surface area (Å²) in [6, 6.07) is 22.1. The first-order valence-corrected chi connectivity index (χ1v) is 11.9. The van der Waals surface area contributed by atoms with E-state index >= 15 is 0 Å². The zero-order valence-electron chi connectivity index (χ0n) is 19.6. The number of carbonyl (C=O) groups excluding carboxylic acids is 2. The summed E-state index contributed by atoms with van der Waals surface area (Å²) in [6.07, 6.45) is 1.48. The maximum absolute atomic E-state index is 13.3. The Morgan fingerprint density at radius 3 is 2.34 bits per heavy atom. The van der Waals surface area contributed by atoms with Crippen LogP contribution >= 0.6 is 0 Å². The number of fused-ring (bicyclic) bond motifs is 1. The summed E-state index contributed by atoms with van der Waals surface area (Å²) in [5.41, 5.74) is 3.51. The van der Waals surface area contributed by atoms with Gasteiger partial charge in [0.1, 0.15) is 19.0 Å². The van der Waals surface area contributed by atoms with Gasteiger partial charge < -0.3 is 19.5 Å². The number of aryl methyl sites for hydroxylation is 1. The Bertz CT molecular complexity index is 1280. The summed E-state index contributed by atoms with van der Waals surface area (Å²) in [6.45, 7) is 3.29. The summed E-state index contributed by atoms with van der Waals surface area (Å²) >= 11 is 0. The van der Waals surface area contributed by atoms with Crippen LogP contribution in [0, 0.1) is 0 Å². The van der Waals surface area contributed by atoms with Crippen molar-refractivity contribution in [3.63, 3.8) is 0 Å². The van der Waals surface area contributed by atoms with Gasteiger partial charge in [0.05, 0.1) is 11.6 Å². The largest absolute Gasteiger partial charge is 0.507 e. The number of rotatable bonds is 6. The van der Waals surface area contributed by atoms with E-state index in [4.69, 9.17) is 9.47 Å². The second-order valence-electron chi connectivity index (χ2n) is 8.68. The van der Waals surface area contributed by atoms with Crippen molar-refractivity contribution in [2.75, 3.05) is 19.8 Å². The van der Waals surface area contributed by atoms with E-state index in [1.165, 1.54) is 0 Å². The number of aliphatic hydroxyl groups is 1. The van der Waals surface area contributed by atoms with Gasteiger partial charge in [-0.25, -0.2) is 0 Å². The second-order valence-corrected chi connectivity index (χ2v) is 8.68. The molecule has 2 heterocycles. The van der Waals surface area contributed by atoms with E-state index in [0.29, 0.717) is 43.2 Å². The van der Waals surface area contributed by atoms with E-state index in [0.717, 1.165) is 23.1 Å². The molecule has 3 aromatic rings. The average Bonchev–Trinajstić information content (AvgIpc) is 3.16. The number of hydrogen-bond acceptors (Lipinski definition) is 5. The molecule has 6 heteroatoms. The van der Waals surface area contributed by atoms with Crippen molar-refractivity contribution in [2.45, 2.75) is 25.8 Å². The Kier molecular flexibility index (Phi) is 6.27. The standard InChI is InChI=1S/C29H27NO5/c1-2-19-8-10-21(11-9-19)26-25(27(31)22-12-13-23-24(18-22)35-17-16-34-23)28(32)29(33)30(26)15-14-20-6-4-3-5-7-20/h3-13,18,26,31H,2,14-17H2,1H3/t26-/m0/s1. The molecule has 1 N–H and O–H groups in total. The molecular formula is C29H27NO5. The molecule has 5 rings (SSSR count). The molecule has 0 spiro atoms. The molecule has 2 aliphatic heterocycles. The quantitative estimate of drug-likeness (QED) is 0.322. The van der Waals surface area contributed by atoms with Gasteiger partial charge in [-0.15, -0.1) is 0 Å². The van der Waals surface area contributed by atoms with Crippen molar-refractivity contribution in [1.82, 2.24) is 4.90 Å². The summed E-state index contributed by atoms with van der Waals surface area (Å²) < 4.78 is 11.2. The van der Waals surface area contributed by atoms with Gasteiger partial charge in [-0.2, -0.15) is 0 Å². The van der Waals surface area contributed by atoms with Crippen LogP contribution in [-0.2, 0) is 22.4 Å². The maximum atomic E-state index is 13.3. The van der Waals surface area contributed by atoms with Crippen LogP contribution in [-0.4, -0.2) is 41.5 Å². The molecule has 0 saturated carbocycles. The van der Waals surface area contributed by atoms with Gasteiger partial charge in [0.15, 0.2) is 11.5 Å². The van der Waals surface area contributed by atoms with E-state index in [9.17, 15) is 14.7 Å². The smallest absolute Gasteiger partial charge is 0.295 e. The van der Waals surface area contributed by atoms with Crippen LogP contribution in [0.5, 0.6) is 11.5 Å². The van der Waals surface area contributed by atoms with Gasteiger partial charge in [0, 0.05) is 12.1 Å². The molecule has 178 valence electrons. The van der Waals surface area contributed by atoms with Gasteiger partial charge in [0.25, 0.3) is 11.7 Å². The number of ether oxygens (including phenoxy) is 2. The Labute approximate surface area is 204 Å². The molecule has 0 bridgehead atoms. The molecule has 1 atom stereocenters. The molecule has 0 aliphatic carbocycles. The first-order chi connectivity index (χ1) is 17.1. The Morgan fingerprint density at radius 1 is 0.914 bits per heavy atom. The molecule has 1 amide bonds. The lowest BCUT2D eigenvalue weighted by molar-refractivity contribution is -0.139. The third-order valence-corrected chi connectivity index (χ3v) is 6.54. The van der Waals surface area contributed by atoms with Gasteiger partial charge in [-0.3, -0.25) is 9.59 Å². The summed E-state index contributed by atoms with van der Waals surface area (Å²) in [5, 5.41) is 11.3. The van der Waals surface area contributed by atoms with Crippen LogP contribution in [0.3, 0.4) is 0 Å². The van der Waals surface area contributed by atoms with E-state index in [1.54, 1.807) is 23.1 Å². The number of hydrogen-bond donors (Lipinski definition) is 1. The molecule has 1 fully saturated rings. The Hall–Kier alpha value is -4.06. The Balaban J connectivity index is 1.57. The van der Waals surface area contributed by atoms with Crippen molar-refractivity contribution in [3.8, 4) is 11.5 Å². The Morgan fingerprint density at radius 2 is 1.63 bits per heavy atom. The van der Waals surface area contributed by atoms with Gasteiger partial charge in [-0.1, -0.05) is 61.5 Å². The molecule has 0 aromatic heterocycles. The first-order valence-electron chi connectivity index (χ1n) is 11.9. The highest BCUT2D eigenvalue weighted by Crippen LogP contribution is 2.41. The molecule has 2 aliphatic rings. The minimum atomic E-state index is -0.685. The fourth-order valence-electron chi connectivity index (χ4n) is 4.63. The first kappa shape index (κ1) is 22.7. The molecule has 0 radical (unpaired) electrons. The number of ketones is 1. The highest BCUT2D eigenvalue weighted by molar-refractivity contribution is 6.46. The maximum Gasteiger partial charge on any atom is 0.295 e. The van der Waals surface area contributed by atoms with Crippen molar-refractivity contribution in [1.29, 1.82) is 0 Å². The highest BCUT2D eigenvalue weighted by Gasteiger charge is 2.45. The predicted octanol–water partition coefficient (Wildman–Crippen LogP) is 4.68. The van der Waals surface area contributed by atoms with Gasteiger partial charge in [0.2, 0.25) is 0 Å². The number of nitrogens with zero attached hydrogens (tertiary/aromatic N) is 1. The zero-order valence-corrected chi connectivity index (χ0v) is 19.6. The summed E-state index contributed by atoms with van der Waals surface area (Å²) in [5.74, 6) is -0.419. The fourth-order valence-corrected chi connectivity index (χ4v) is 4.63. The zero-order chi connectivity index (χ0) is 24.4. The second kappa shape index (κ2) is 9.66. The van der Waals surface area contributed by atoms with Crippen LogP contribution < -0.4 is 9.47 Å². The van der Waals surface area contributed by atoms with Gasteiger partial charge in [-0.05, 0) is 47.7 Å². The number of carbonyl (C=O) groups is 2. The molecule has 0 unspecified atom stereocenters. The highest BCUT2D eigenvalue weighted by atomic mass is 16.6. The van der Waals surface area contributed by atoms with Crippen molar-refractivity contribution >= 4 is 17.4 Å². The third kappa shape index (κ3) is 4.39. The predicted molar refractivity (Wildman–Crippen MR) is 132 cm³/mol. The molecule has 1 saturated heterocycles. The van der Waals surface area contributed by atoms with Crippen molar-refractivity contribution in [2.24, 2.45) is 0 Å². The minimum Gasteiger partial charge on any atom is -0.507 e. The van der Waals surface area contributed by atoms with Crippen LogP contribution in [0.1, 0.15) is 35.2 Å². The lowest BCUT2D eigenvalue weighted by Gasteiger charge is -2.26. The van der Waals surface area contributed by atoms with E-state index in [2.05, 4.69) is 6.92 Å². The van der Waals surface area contributed by atoms with E-state index < -0.39 is 17.7 Å². The van der Waals surface area contributed by atoms with E-state index in [-0.39, 0.29) is 11.3 Å². The van der Waals surface area contributed by atoms with Crippen molar-refractivity contribution in [3.05, 3.63) is 101 Å². The lowest BCUT2D eigenvalue weighted by Crippen LogP contribution is -2.31. The van der Waals surface area contributed by atoms with Gasteiger partial charge >= 0.3 is 0 Å². The number of aliphatic hydroxyl groups excluding tert-OH is 1. The molecule has 3 aromatic carbocycles. The number of likely N-dealkylation sites (tertiary alicyclic amines) is 1. The molecule has 35 heavy (non-hydrogen) atoms. The van der Waals surface area contributed by atoms with Crippen LogP contribution in [0.15, 0.2) is 78.4 Å². The SMILES string of the molecule is CCc1ccc([C@H]2C(=C(O)c3ccc4c(c3)OCCO4)C(=O)C(=O)N2CCc2ccccc2)cc1. The number of benzene rings is 3. The molecule has 6 nitrogen and oxygen atoms in total. The number of Topliss-reactive ketones (excluding diaryl/α,β-unsaturated/α-hetero) is 1. The lowest BCUT2D eigenvalue weighted by atomic mass is 9.94. The monoisotopic (exact) mass is 469 g/mol. The minimum absolute atomic E-state index is 0.0870. The summed E-state index contributed by atoms with van der Waals surface area (Å²) in [4.78, 5) is 28.0. The van der Waals surface area contributed by atoms with Crippen LogP contribution in [0.4, 0.5) is 0 Å². The van der Waals surface area contributed by atoms with E-state index in [1.807, 2.05) is 54.6 Å². The molecular weight excluding hydrogens is 442 g/mol. The van der Waals surface area contributed by atoms with Crippen molar-refractivity contribution < 1.29 is 24.2 Å². The average molecular weight is 470 g/mol. The topological polar surface area (TPSA) is 76.1 Å². The fraction of sp³-hybridized carbons (Fsp3) is 0.241. The third-order valence-electron chi connectivity index (χ3n) is 6.54. The summed E-state index contributed by atoms with van der Waals surface area (Å²) in [7, 11) is 0. The normalized spacial score (nSPS) is 18.7.